The number of hydrogen-bond donors (Lipinski definition) is 2. The van der Waals surface area contributed by atoms with Crippen LogP contribution < -0.4 is 5.32 Å². The van der Waals surface area contributed by atoms with Crippen LogP contribution in [0, 0.1) is 0 Å². The van der Waals surface area contributed by atoms with Crippen molar-refractivity contribution < 1.29 is 14.7 Å². The van der Waals surface area contributed by atoms with Crippen molar-refractivity contribution in [2.24, 2.45) is 0 Å². The number of aryl methyl sites for hydroxylation is 1. The standard InChI is InChI=1S/C17H16BrN5O3/c18-13-9-20-22(11-13)10-12-2-1-3-14(8-12)21-16(24)5-7-23-15(17(25)26)4-6-19-23/h1-4,6,8-9,11H,5,7,10H2,(H,21,24)(H,25,26). The second kappa shape index (κ2) is 7.96. The number of carboxylic acids is 1. The van der Waals surface area contributed by atoms with Crippen LogP contribution in [0.3, 0.4) is 0 Å². The molecule has 1 aromatic carbocycles. The van der Waals surface area contributed by atoms with Crippen LogP contribution in [-0.2, 0) is 17.9 Å². The van der Waals surface area contributed by atoms with E-state index in [-0.39, 0.29) is 24.6 Å². The molecule has 3 aromatic rings. The summed E-state index contributed by atoms with van der Waals surface area (Å²) in [7, 11) is 0. The van der Waals surface area contributed by atoms with Crippen molar-refractivity contribution in [2.45, 2.75) is 19.5 Å². The molecule has 0 saturated heterocycles. The fourth-order valence-electron chi connectivity index (χ4n) is 2.48. The Morgan fingerprint density at radius 2 is 2.08 bits per heavy atom. The second-order valence-corrected chi connectivity index (χ2v) is 6.52. The van der Waals surface area contributed by atoms with E-state index in [0.29, 0.717) is 12.2 Å². The molecule has 0 aliphatic heterocycles. The lowest BCUT2D eigenvalue weighted by Crippen LogP contribution is -2.17. The summed E-state index contributed by atoms with van der Waals surface area (Å²) in [5.41, 5.74) is 1.74. The van der Waals surface area contributed by atoms with Crippen LogP contribution in [0.5, 0.6) is 0 Å². The monoisotopic (exact) mass is 417 g/mol. The van der Waals surface area contributed by atoms with Gasteiger partial charge >= 0.3 is 5.97 Å². The Labute approximate surface area is 157 Å². The predicted molar refractivity (Wildman–Crippen MR) is 97.9 cm³/mol. The van der Waals surface area contributed by atoms with Gasteiger partial charge in [-0.2, -0.15) is 10.2 Å². The van der Waals surface area contributed by atoms with Crippen LogP contribution >= 0.6 is 15.9 Å². The molecule has 0 fully saturated rings. The van der Waals surface area contributed by atoms with Crippen LogP contribution in [0.2, 0.25) is 0 Å². The molecule has 2 aromatic heterocycles. The Hall–Kier alpha value is -2.94. The number of benzene rings is 1. The van der Waals surface area contributed by atoms with Gasteiger partial charge in [-0.3, -0.25) is 14.2 Å². The van der Waals surface area contributed by atoms with Gasteiger partial charge in [0.2, 0.25) is 5.91 Å². The van der Waals surface area contributed by atoms with Gasteiger partial charge in [0.25, 0.3) is 0 Å². The molecule has 0 atom stereocenters. The molecule has 26 heavy (non-hydrogen) atoms. The zero-order valence-electron chi connectivity index (χ0n) is 13.7. The van der Waals surface area contributed by atoms with E-state index in [2.05, 4.69) is 31.4 Å². The molecule has 0 spiro atoms. The van der Waals surface area contributed by atoms with E-state index < -0.39 is 5.97 Å². The second-order valence-electron chi connectivity index (χ2n) is 5.60. The number of amides is 1. The van der Waals surface area contributed by atoms with Gasteiger partial charge in [0, 0.05) is 24.5 Å². The normalized spacial score (nSPS) is 10.7. The number of halogens is 1. The molecule has 9 heteroatoms. The Kier molecular flexibility index (Phi) is 5.47. The molecule has 0 unspecified atom stereocenters. The highest BCUT2D eigenvalue weighted by atomic mass is 79.9. The SMILES string of the molecule is O=C(CCn1nccc1C(=O)O)Nc1cccc(Cn2cc(Br)cn2)c1. The van der Waals surface area contributed by atoms with E-state index in [1.54, 1.807) is 16.9 Å². The first-order valence-corrected chi connectivity index (χ1v) is 8.62. The van der Waals surface area contributed by atoms with E-state index >= 15 is 0 Å². The average molecular weight is 418 g/mol. The highest BCUT2D eigenvalue weighted by Gasteiger charge is 2.11. The summed E-state index contributed by atoms with van der Waals surface area (Å²) in [5, 5.41) is 20.0. The molecule has 0 bridgehead atoms. The highest BCUT2D eigenvalue weighted by Crippen LogP contribution is 2.14. The largest absolute Gasteiger partial charge is 0.477 e. The molecule has 2 N–H and O–H groups in total. The zero-order chi connectivity index (χ0) is 18.5. The van der Waals surface area contributed by atoms with Gasteiger partial charge in [-0.1, -0.05) is 12.1 Å². The van der Waals surface area contributed by atoms with E-state index in [1.807, 2.05) is 24.4 Å². The highest BCUT2D eigenvalue weighted by molar-refractivity contribution is 9.10. The lowest BCUT2D eigenvalue weighted by Gasteiger charge is -2.08. The molecule has 2 heterocycles. The Morgan fingerprint density at radius 3 is 2.81 bits per heavy atom. The third-order valence-electron chi connectivity index (χ3n) is 3.64. The van der Waals surface area contributed by atoms with Crippen molar-refractivity contribution in [2.75, 3.05) is 5.32 Å². The number of carboxylic acid groups (broad SMARTS) is 1. The van der Waals surface area contributed by atoms with Gasteiger partial charge in [-0.05, 0) is 39.7 Å². The minimum absolute atomic E-state index is 0.0604. The summed E-state index contributed by atoms with van der Waals surface area (Å²) >= 11 is 3.36. The Morgan fingerprint density at radius 1 is 1.23 bits per heavy atom. The van der Waals surface area contributed by atoms with E-state index in [1.165, 1.54) is 16.9 Å². The smallest absolute Gasteiger partial charge is 0.354 e. The summed E-state index contributed by atoms with van der Waals surface area (Å²) in [5.74, 6) is -1.28. The van der Waals surface area contributed by atoms with Crippen molar-refractivity contribution in [3.8, 4) is 0 Å². The van der Waals surface area contributed by atoms with Crippen LogP contribution in [0.1, 0.15) is 22.5 Å². The maximum atomic E-state index is 12.1. The third-order valence-corrected chi connectivity index (χ3v) is 4.05. The molecular weight excluding hydrogens is 402 g/mol. The fourth-order valence-corrected chi connectivity index (χ4v) is 2.81. The van der Waals surface area contributed by atoms with Crippen molar-refractivity contribution in [1.29, 1.82) is 0 Å². The maximum absolute atomic E-state index is 12.1. The van der Waals surface area contributed by atoms with Gasteiger partial charge < -0.3 is 10.4 Å². The molecule has 3 rings (SSSR count). The van der Waals surface area contributed by atoms with Crippen molar-refractivity contribution >= 4 is 33.5 Å². The molecule has 0 radical (unpaired) electrons. The molecule has 0 aliphatic rings. The minimum Gasteiger partial charge on any atom is -0.477 e. The predicted octanol–water partition coefficient (Wildman–Crippen LogP) is 2.62. The average Bonchev–Trinajstić information content (AvgIpc) is 3.22. The molecule has 1 amide bonds. The lowest BCUT2D eigenvalue weighted by atomic mass is 10.2. The fraction of sp³-hybridized carbons (Fsp3) is 0.176. The number of nitrogens with one attached hydrogen (secondary N) is 1. The Bertz CT molecular complexity index is 934. The zero-order valence-corrected chi connectivity index (χ0v) is 15.3. The number of aromatic nitrogens is 4. The number of carbonyl (C=O) groups is 2. The van der Waals surface area contributed by atoms with Crippen LogP contribution in [0.25, 0.3) is 0 Å². The van der Waals surface area contributed by atoms with Crippen molar-refractivity contribution in [3.63, 3.8) is 0 Å². The van der Waals surface area contributed by atoms with Gasteiger partial charge in [-0.15, -0.1) is 0 Å². The van der Waals surface area contributed by atoms with Gasteiger partial charge in [0.05, 0.1) is 23.8 Å². The quantitative estimate of drug-likeness (QED) is 0.614. The number of carbonyl (C=O) groups excluding carboxylic acids is 1. The number of aromatic carboxylic acids is 1. The first-order valence-electron chi connectivity index (χ1n) is 7.83. The van der Waals surface area contributed by atoms with Gasteiger partial charge in [0.1, 0.15) is 5.69 Å². The Balaban J connectivity index is 1.58. The van der Waals surface area contributed by atoms with Crippen molar-refractivity contribution in [1.82, 2.24) is 19.6 Å². The van der Waals surface area contributed by atoms with Crippen LogP contribution in [0.15, 0.2) is 53.4 Å². The topological polar surface area (TPSA) is 102 Å². The minimum atomic E-state index is -1.07. The molecule has 0 saturated carbocycles. The number of hydrogen-bond acceptors (Lipinski definition) is 4. The van der Waals surface area contributed by atoms with E-state index in [4.69, 9.17) is 5.11 Å². The van der Waals surface area contributed by atoms with Crippen LogP contribution in [0.4, 0.5) is 5.69 Å². The molecule has 8 nitrogen and oxygen atoms in total. The lowest BCUT2D eigenvalue weighted by molar-refractivity contribution is -0.116. The molecule has 0 aliphatic carbocycles. The molecular formula is C17H16BrN5O3. The van der Waals surface area contributed by atoms with Gasteiger partial charge in [-0.25, -0.2) is 4.79 Å². The number of rotatable bonds is 7. The van der Waals surface area contributed by atoms with Crippen molar-refractivity contribution in [3.05, 3.63) is 64.7 Å². The number of nitrogens with zero attached hydrogens (tertiary/aromatic N) is 4. The summed E-state index contributed by atoms with van der Waals surface area (Å²) in [6.07, 6.45) is 5.11. The summed E-state index contributed by atoms with van der Waals surface area (Å²) in [6, 6.07) is 8.89. The molecule has 134 valence electrons. The van der Waals surface area contributed by atoms with Gasteiger partial charge in [0.15, 0.2) is 0 Å². The number of anilines is 1. The summed E-state index contributed by atoms with van der Waals surface area (Å²) < 4.78 is 3.99. The third kappa shape index (κ3) is 4.57. The maximum Gasteiger partial charge on any atom is 0.354 e. The first kappa shape index (κ1) is 17.9. The summed E-state index contributed by atoms with van der Waals surface area (Å²) in [4.78, 5) is 23.2. The summed E-state index contributed by atoms with van der Waals surface area (Å²) in [6.45, 7) is 0.784. The van der Waals surface area contributed by atoms with Crippen LogP contribution in [-0.4, -0.2) is 36.5 Å². The van der Waals surface area contributed by atoms with E-state index in [0.717, 1.165) is 10.0 Å². The van der Waals surface area contributed by atoms with E-state index in [9.17, 15) is 9.59 Å². The first-order chi connectivity index (χ1) is 12.5.